The summed E-state index contributed by atoms with van der Waals surface area (Å²) in [6.45, 7) is 7.35. The van der Waals surface area contributed by atoms with Crippen molar-refractivity contribution in [3.63, 3.8) is 0 Å². The summed E-state index contributed by atoms with van der Waals surface area (Å²) in [5.41, 5.74) is 3.94. The van der Waals surface area contributed by atoms with Gasteiger partial charge in [-0.05, 0) is 47.9 Å². The van der Waals surface area contributed by atoms with Gasteiger partial charge < -0.3 is 4.74 Å². The van der Waals surface area contributed by atoms with Gasteiger partial charge >= 0.3 is 0 Å². The Labute approximate surface area is 217 Å². The van der Waals surface area contributed by atoms with Gasteiger partial charge in [-0.3, -0.25) is 14.6 Å². The molecule has 1 unspecified atom stereocenters. The fourth-order valence-corrected chi connectivity index (χ4v) is 4.98. The molecule has 0 bridgehead atoms. The Bertz CT molecular complexity index is 1210. The van der Waals surface area contributed by atoms with Gasteiger partial charge in [0.25, 0.3) is 5.91 Å². The van der Waals surface area contributed by atoms with E-state index in [1.54, 1.807) is 17.1 Å². The van der Waals surface area contributed by atoms with E-state index in [1.165, 1.54) is 17.7 Å². The molecule has 6 nitrogen and oxygen atoms in total. The minimum absolute atomic E-state index is 0.0208. The number of ether oxygens (including phenoxy) is 1. The van der Waals surface area contributed by atoms with E-state index >= 15 is 0 Å². The molecule has 5 rings (SSSR count). The Morgan fingerprint density at radius 2 is 1.59 bits per heavy atom. The molecule has 0 N–H and O–H groups in total. The molecule has 3 aromatic rings. The average molecular weight is 501 g/mol. The molecule has 0 aliphatic carbocycles. The smallest absolute Gasteiger partial charge is 0.257 e. The van der Waals surface area contributed by atoms with Gasteiger partial charge in [0, 0.05) is 39.1 Å². The third-order valence-electron chi connectivity index (χ3n) is 6.99. The van der Waals surface area contributed by atoms with Gasteiger partial charge in [0.2, 0.25) is 0 Å². The number of nitrogens with zero attached hydrogens (tertiary/aromatic N) is 4. The van der Waals surface area contributed by atoms with Crippen LogP contribution in [0.1, 0.15) is 36.1 Å². The number of carbonyl (C=O) groups is 1. The molecule has 2 aliphatic heterocycles. The van der Waals surface area contributed by atoms with E-state index in [2.05, 4.69) is 34.1 Å². The van der Waals surface area contributed by atoms with Crippen LogP contribution in [0, 0.1) is 5.82 Å². The summed E-state index contributed by atoms with van der Waals surface area (Å²) in [4.78, 5) is 18.2. The van der Waals surface area contributed by atoms with Gasteiger partial charge in [-0.25, -0.2) is 9.40 Å². The minimum Gasteiger partial charge on any atom is -0.494 e. The molecular formula is C30H33FN4O2. The first-order valence-electron chi connectivity index (χ1n) is 13.0. The molecule has 3 aromatic carbocycles. The summed E-state index contributed by atoms with van der Waals surface area (Å²) in [7, 11) is 0. The predicted molar refractivity (Wildman–Crippen MR) is 143 cm³/mol. The number of piperazine rings is 1. The van der Waals surface area contributed by atoms with Crippen molar-refractivity contribution in [3.05, 3.63) is 101 Å². The maximum Gasteiger partial charge on any atom is 0.257 e. The molecule has 1 saturated heterocycles. The lowest BCUT2D eigenvalue weighted by molar-refractivity contribution is -0.134. The molecule has 0 spiro atoms. The molecule has 192 valence electrons. The predicted octanol–water partition coefficient (Wildman–Crippen LogP) is 4.72. The molecule has 7 heteroatoms. The topological polar surface area (TPSA) is 48.4 Å². The van der Waals surface area contributed by atoms with Crippen LogP contribution in [0.3, 0.4) is 0 Å². The number of carbonyl (C=O) groups excluding carboxylic acids is 1. The normalized spacial score (nSPS) is 18.6. The Balaban J connectivity index is 1.27. The van der Waals surface area contributed by atoms with Gasteiger partial charge in [0.15, 0.2) is 0 Å². The van der Waals surface area contributed by atoms with Crippen molar-refractivity contribution < 1.29 is 13.9 Å². The third-order valence-corrected chi connectivity index (χ3v) is 6.99. The number of hydrogen-bond acceptors (Lipinski definition) is 5. The van der Waals surface area contributed by atoms with E-state index in [-0.39, 0.29) is 17.8 Å². The first-order valence-corrected chi connectivity index (χ1v) is 13.0. The molecule has 2 heterocycles. The first-order chi connectivity index (χ1) is 18.1. The molecule has 1 amide bonds. The van der Waals surface area contributed by atoms with Crippen LogP contribution >= 0.6 is 0 Å². The summed E-state index contributed by atoms with van der Waals surface area (Å²) in [5, 5.41) is 6.38. The van der Waals surface area contributed by atoms with E-state index in [1.807, 2.05) is 37.3 Å². The monoisotopic (exact) mass is 500 g/mol. The zero-order chi connectivity index (χ0) is 25.6. The van der Waals surface area contributed by atoms with Crippen molar-refractivity contribution >= 4 is 11.6 Å². The number of rotatable bonds is 8. The van der Waals surface area contributed by atoms with Gasteiger partial charge in [-0.15, -0.1) is 0 Å². The summed E-state index contributed by atoms with van der Waals surface area (Å²) in [5.74, 6) is 0.493. The third kappa shape index (κ3) is 6.24. The Hall–Kier alpha value is -3.55. The average Bonchev–Trinajstić information content (AvgIpc) is 3.37. The van der Waals surface area contributed by atoms with Crippen LogP contribution in [0.4, 0.5) is 4.39 Å². The summed E-state index contributed by atoms with van der Waals surface area (Å²) < 4.78 is 19.1. The summed E-state index contributed by atoms with van der Waals surface area (Å²) in [6.07, 6.45) is 0.580. The van der Waals surface area contributed by atoms with Crippen LogP contribution in [0.5, 0.6) is 5.75 Å². The van der Waals surface area contributed by atoms with Crippen LogP contribution in [-0.2, 0) is 11.3 Å². The molecule has 1 atom stereocenters. The molecule has 0 saturated carbocycles. The molecular weight excluding hydrogens is 467 g/mol. The second kappa shape index (κ2) is 11.7. The second-order valence-electron chi connectivity index (χ2n) is 9.55. The van der Waals surface area contributed by atoms with E-state index in [0.717, 1.165) is 55.3 Å². The first kappa shape index (κ1) is 25.1. The summed E-state index contributed by atoms with van der Waals surface area (Å²) in [6, 6.07) is 24.5. The van der Waals surface area contributed by atoms with Crippen LogP contribution in [0.2, 0.25) is 0 Å². The van der Waals surface area contributed by atoms with Crippen molar-refractivity contribution in [3.8, 4) is 5.75 Å². The lowest BCUT2D eigenvalue weighted by Crippen LogP contribution is -2.49. The van der Waals surface area contributed by atoms with E-state index in [0.29, 0.717) is 19.6 Å². The number of halogens is 1. The lowest BCUT2D eigenvalue weighted by Gasteiger charge is -2.35. The fourth-order valence-electron chi connectivity index (χ4n) is 4.98. The SMILES string of the molecule is CCOc1ccc(C2CC(c3ccc(F)cc3)=NN2C(=O)CN2CCN(Cc3ccccc3)CC2)cc1. The highest BCUT2D eigenvalue weighted by atomic mass is 19.1. The Morgan fingerprint density at radius 1 is 0.919 bits per heavy atom. The summed E-state index contributed by atoms with van der Waals surface area (Å²) >= 11 is 0. The van der Waals surface area contributed by atoms with Crippen LogP contribution in [-0.4, -0.2) is 65.8 Å². The maximum atomic E-state index is 13.5. The maximum absolute atomic E-state index is 13.5. The molecule has 0 aromatic heterocycles. The van der Waals surface area contributed by atoms with Gasteiger partial charge in [0.05, 0.1) is 24.9 Å². The van der Waals surface area contributed by atoms with Crippen LogP contribution in [0.15, 0.2) is 84.0 Å². The van der Waals surface area contributed by atoms with E-state index < -0.39 is 0 Å². The lowest BCUT2D eigenvalue weighted by atomic mass is 9.98. The van der Waals surface area contributed by atoms with Crippen molar-refractivity contribution in [2.24, 2.45) is 5.10 Å². The van der Waals surface area contributed by atoms with Crippen molar-refractivity contribution in [1.82, 2.24) is 14.8 Å². The fraction of sp³-hybridized carbons (Fsp3) is 0.333. The van der Waals surface area contributed by atoms with Crippen molar-refractivity contribution in [2.45, 2.75) is 25.9 Å². The number of amides is 1. The minimum atomic E-state index is -0.287. The highest BCUT2D eigenvalue weighted by molar-refractivity contribution is 6.03. The zero-order valence-corrected chi connectivity index (χ0v) is 21.2. The Kier molecular flexibility index (Phi) is 7.92. The van der Waals surface area contributed by atoms with E-state index in [9.17, 15) is 9.18 Å². The van der Waals surface area contributed by atoms with Crippen molar-refractivity contribution in [1.29, 1.82) is 0 Å². The van der Waals surface area contributed by atoms with Crippen LogP contribution < -0.4 is 4.74 Å². The number of benzene rings is 3. The number of hydrogen-bond donors (Lipinski definition) is 0. The molecule has 1 fully saturated rings. The van der Waals surface area contributed by atoms with Gasteiger partial charge in [-0.1, -0.05) is 54.6 Å². The molecule has 37 heavy (non-hydrogen) atoms. The zero-order valence-electron chi connectivity index (χ0n) is 21.2. The molecule has 0 radical (unpaired) electrons. The van der Waals surface area contributed by atoms with E-state index in [4.69, 9.17) is 9.84 Å². The highest BCUT2D eigenvalue weighted by Gasteiger charge is 2.34. The standard InChI is InChI=1S/C30H33FN4O2/c1-2-37-27-14-10-25(11-15-27)29-20-28(24-8-12-26(31)13-9-24)32-35(29)30(36)22-34-18-16-33(17-19-34)21-23-6-4-3-5-7-23/h3-15,29H,2,16-22H2,1H3. The van der Waals surface area contributed by atoms with Crippen molar-refractivity contribution in [2.75, 3.05) is 39.3 Å². The quantitative estimate of drug-likeness (QED) is 0.449. The molecule has 2 aliphatic rings. The largest absolute Gasteiger partial charge is 0.494 e. The Morgan fingerprint density at radius 3 is 2.27 bits per heavy atom. The highest BCUT2D eigenvalue weighted by Crippen LogP contribution is 2.34. The number of hydrazone groups is 1. The van der Waals surface area contributed by atoms with Gasteiger partial charge in [-0.2, -0.15) is 5.10 Å². The van der Waals surface area contributed by atoms with Gasteiger partial charge in [0.1, 0.15) is 11.6 Å². The second-order valence-corrected chi connectivity index (χ2v) is 9.55. The van der Waals surface area contributed by atoms with Crippen LogP contribution in [0.25, 0.3) is 0 Å².